The number of imide groups is 2. The minimum atomic E-state index is -0.936. The maximum Gasteiger partial charge on any atom is 0.262 e. The molecule has 3 aliphatic rings. The summed E-state index contributed by atoms with van der Waals surface area (Å²) >= 11 is 0. The fourth-order valence-electron chi connectivity index (χ4n) is 3.66. The molecule has 136 valence electrons. The van der Waals surface area contributed by atoms with Crippen LogP contribution in [0, 0.1) is 0 Å². The molecule has 4 amide bonds. The van der Waals surface area contributed by atoms with Crippen LogP contribution in [0.3, 0.4) is 0 Å². The van der Waals surface area contributed by atoms with Crippen molar-refractivity contribution in [1.29, 1.82) is 0 Å². The van der Waals surface area contributed by atoms with Crippen molar-refractivity contribution in [3.05, 3.63) is 34.9 Å². The van der Waals surface area contributed by atoms with Gasteiger partial charge in [0.25, 0.3) is 11.8 Å². The van der Waals surface area contributed by atoms with E-state index >= 15 is 0 Å². The first-order chi connectivity index (χ1) is 12.5. The Kier molecular flexibility index (Phi) is 4.08. The molecule has 26 heavy (non-hydrogen) atoms. The number of hydrogen-bond acceptors (Lipinski definition) is 6. The van der Waals surface area contributed by atoms with Crippen molar-refractivity contribution in [3.63, 3.8) is 0 Å². The van der Waals surface area contributed by atoms with Gasteiger partial charge in [-0.25, -0.2) is 0 Å². The molecule has 1 aromatic rings. The van der Waals surface area contributed by atoms with Gasteiger partial charge in [0.1, 0.15) is 6.04 Å². The Bertz CT molecular complexity index is 821. The molecule has 8 heteroatoms. The van der Waals surface area contributed by atoms with Crippen LogP contribution in [0.4, 0.5) is 0 Å². The standard InChI is InChI=1S/C18H20N4O4/c19-12-3-4-13(12)20-8-9-1-2-10-11(7-9)18(26)22(17(10)25)14-5-6-15(23)21-16(14)24/h1-2,7,12-14,20H,3-6,8,19H2,(H,21,23,24)/t12-,13+,14?/m1/s1. The third kappa shape index (κ3) is 2.71. The first-order valence-corrected chi connectivity index (χ1v) is 8.79. The van der Waals surface area contributed by atoms with Gasteiger partial charge in [-0.2, -0.15) is 0 Å². The van der Waals surface area contributed by atoms with Crippen molar-refractivity contribution in [1.82, 2.24) is 15.5 Å². The van der Waals surface area contributed by atoms with Gasteiger partial charge in [-0.1, -0.05) is 6.07 Å². The Balaban J connectivity index is 1.52. The van der Waals surface area contributed by atoms with E-state index in [0.717, 1.165) is 23.3 Å². The van der Waals surface area contributed by atoms with E-state index in [1.165, 1.54) is 0 Å². The molecule has 0 aromatic heterocycles. The third-order valence-electron chi connectivity index (χ3n) is 5.40. The molecule has 4 N–H and O–H groups in total. The summed E-state index contributed by atoms with van der Waals surface area (Å²) in [5, 5.41) is 5.54. The fraction of sp³-hybridized carbons (Fsp3) is 0.444. The van der Waals surface area contributed by atoms with Crippen molar-refractivity contribution >= 4 is 23.6 Å². The van der Waals surface area contributed by atoms with E-state index in [2.05, 4.69) is 10.6 Å². The van der Waals surface area contributed by atoms with Crippen LogP contribution in [-0.2, 0) is 16.1 Å². The quantitative estimate of drug-likeness (QED) is 0.635. The van der Waals surface area contributed by atoms with E-state index < -0.39 is 23.8 Å². The molecule has 0 spiro atoms. The van der Waals surface area contributed by atoms with Gasteiger partial charge >= 0.3 is 0 Å². The molecule has 3 atom stereocenters. The van der Waals surface area contributed by atoms with E-state index in [1.54, 1.807) is 18.2 Å². The van der Waals surface area contributed by atoms with E-state index in [4.69, 9.17) is 5.73 Å². The second-order valence-corrected chi connectivity index (χ2v) is 7.06. The molecule has 1 aliphatic carbocycles. The topological polar surface area (TPSA) is 122 Å². The van der Waals surface area contributed by atoms with Crippen LogP contribution in [0.5, 0.6) is 0 Å². The van der Waals surface area contributed by atoms with Gasteiger partial charge in [-0.05, 0) is 37.0 Å². The molecule has 0 radical (unpaired) electrons. The van der Waals surface area contributed by atoms with Crippen LogP contribution in [0.15, 0.2) is 18.2 Å². The SMILES string of the molecule is N[C@@H]1CC[C@@H]1NCc1ccc2c(c1)C(=O)N(C1CCC(=O)NC1=O)C2=O. The zero-order chi connectivity index (χ0) is 18.4. The highest BCUT2D eigenvalue weighted by Gasteiger charge is 2.44. The number of carbonyl (C=O) groups is 4. The van der Waals surface area contributed by atoms with Crippen molar-refractivity contribution in [3.8, 4) is 0 Å². The Hall–Kier alpha value is -2.58. The van der Waals surface area contributed by atoms with E-state index in [0.29, 0.717) is 17.7 Å². The molecule has 1 aromatic carbocycles. The minimum Gasteiger partial charge on any atom is -0.326 e. The summed E-state index contributed by atoms with van der Waals surface area (Å²) in [6.45, 7) is 0.561. The van der Waals surface area contributed by atoms with E-state index in [1.807, 2.05) is 0 Å². The molecule has 8 nitrogen and oxygen atoms in total. The van der Waals surface area contributed by atoms with Crippen LogP contribution in [0.25, 0.3) is 0 Å². The predicted octanol–water partition coefficient (Wildman–Crippen LogP) is -0.333. The summed E-state index contributed by atoms with van der Waals surface area (Å²) < 4.78 is 0. The number of fused-ring (bicyclic) bond motifs is 1. The van der Waals surface area contributed by atoms with Crippen molar-refractivity contribution in [2.75, 3.05) is 0 Å². The van der Waals surface area contributed by atoms with Gasteiger partial charge in [0.2, 0.25) is 11.8 Å². The molecular formula is C18H20N4O4. The summed E-state index contributed by atoms with van der Waals surface area (Å²) in [6.07, 6.45) is 2.31. The van der Waals surface area contributed by atoms with Crippen molar-refractivity contribution in [2.24, 2.45) is 5.73 Å². The maximum atomic E-state index is 12.7. The molecule has 0 bridgehead atoms. The number of hydrogen-bond donors (Lipinski definition) is 3. The van der Waals surface area contributed by atoms with Crippen LogP contribution in [0.1, 0.15) is 52.0 Å². The number of nitrogens with two attached hydrogens (primary N) is 1. The summed E-state index contributed by atoms with van der Waals surface area (Å²) in [7, 11) is 0. The summed E-state index contributed by atoms with van der Waals surface area (Å²) in [5.41, 5.74) is 7.39. The highest BCUT2D eigenvalue weighted by molar-refractivity contribution is 6.23. The van der Waals surface area contributed by atoms with Crippen molar-refractivity contribution in [2.45, 2.75) is 50.4 Å². The normalized spacial score (nSPS) is 28.0. The number of nitrogens with zero attached hydrogens (tertiary/aromatic N) is 1. The zero-order valence-electron chi connectivity index (χ0n) is 14.2. The first-order valence-electron chi connectivity index (χ1n) is 8.79. The van der Waals surface area contributed by atoms with Crippen LogP contribution < -0.4 is 16.4 Å². The molecular weight excluding hydrogens is 336 g/mol. The highest BCUT2D eigenvalue weighted by Crippen LogP contribution is 2.28. The minimum absolute atomic E-state index is 0.112. The Labute approximate surface area is 150 Å². The number of carbonyl (C=O) groups excluding carboxylic acids is 4. The summed E-state index contributed by atoms with van der Waals surface area (Å²) in [5.74, 6) is -1.95. The van der Waals surface area contributed by atoms with Crippen LogP contribution in [0.2, 0.25) is 0 Å². The monoisotopic (exact) mass is 356 g/mol. The number of nitrogens with one attached hydrogen (secondary N) is 2. The summed E-state index contributed by atoms with van der Waals surface area (Å²) in [6, 6.07) is 4.62. The molecule has 4 rings (SSSR count). The van der Waals surface area contributed by atoms with Gasteiger partial charge in [0, 0.05) is 25.0 Å². The Morgan fingerprint density at radius 1 is 1.08 bits per heavy atom. The lowest BCUT2D eigenvalue weighted by atomic mass is 9.87. The van der Waals surface area contributed by atoms with Gasteiger partial charge in [-0.3, -0.25) is 29.4 Å². The number of rotatable bonds is 4. The molecule has 2 aliphatic heterocycles. The maximum absolute atomic E-state index is 12.7. The Morgan fingerprint density at radius 2 is 1.85 bits per heavy atom. The second-order valence-electron chi connectivity index (χ2n) is 7.06. The van der Waals surface area contributed by atoms with E-state index in [9.17, 15) is 19.2 Å². The lowest BCUT2D eigenvalue weighted by Crippen LogP contribution is -2.54. The smallest absolute Gasteiger partial charge is 0.262 e. The largest absolute Gasteiger partial charge is 0.326 e. The van der Waals surface area contributed by atoms with Gasteiger partial charge in [0.15, 0.2) is 0 Å². The molecule has 1 unspecified atom stereocenters. The lowest BCUT2D eigenvalue weighted by molar-refractivity contribution is -0.136. The molecule has 2 fully saturated rings. The van der Waals surface area contributed by atoms with Crippen molar-refractivity contribution < 1.29 is 19.2 Å². The average molecular weight is 356 g/mol. The molecule has 1 saturated heterocycles. The zero-order valence-corrected chi connectivity index (χ0v) is 14.2. The fourth-order valence-corrected chi connectivity index (χ4v) is 3.66. The van der Waals surface area contributed by atoms with Gasteiger partial charge < -0.3 is 11.1 Å². The first kappa shape index (κ1) is 16.9. The summed E-state index contributed by atoms with van der Waals surface area (Å²) in [4.78, 5) is 49.7. The third-order valence-corrected chi connectivity index (χ3v) is 5.40. The molecule has 1 saturated carbocycles. The van der Waals surface area contributed by atoms with Crippen LogP contribution in [-0.4, -0.2) is 46.7 Å². The lowest BCUT2D eigenvalue weighted by Gasteiger charge is -2.34. The highest BCUT2D eigenvalue weighted by atomic mass is 16.2. The number of benzene rings is 1. The predicted molar refractivity (Wildman–Crippen MR) is 91.0 cm³/mol. The van der Waals surface area contributed by atoms with E-state index in [-0.39, 0.29) is 30.8 Å². The number of piperidine rings is 1. The van der Waals surface area contributed by atoms with Gasteiger partial charge in [-0.15, -0.1) is 0 Å². The molecule has 2 heterocycles. The number of amides is 4. The Morgan fingerprint density at radius 3 is 2.50 bits per heavy atom. The average Bonchev–Trinajstić information content (AvgIpc) is 2.85. The van der Waals surface area contributed by atoms with Gasteiger partial charge in [0.05, 0.1) is 11.1 Å². The second kappa shape index (κ2) is 6.30. The van der Waals surface area contributed by atoms with Crippen LogP contribution >= 0.6 is 0 Å².